The summed E-state index contributed by atoms with van der Waals surface area (Å²) in [6.07, 6.45) is 15.0. The van der Waals surface area contributed by atoms with Crippen molar-refractivity contribution in [3.63, 3.8) is 0 Å². The third-order valence-corrected chi connectivity index (χ3v) is 18.6. The van der Waals surface area contributed by atoms with Crippen molar-refractivity contribution < 1.29 is 58.7 Å². The van der Waals surface area contributed by atoms with Crippen LogP contribution in [0.1, 0.15) is 158 Å². The standard InChI is InChI=1S/C24H34O4.C21H30O3.C4H6O5/c1-14-12-18-19(22(4)9-6-17(27)13-21(14)22)7-10-23(5)20(18)8-11-24(23,15(2)25)28-16(3)26;1-13(22)21(24)11-8-18-16-5-4-14-12-15(23)6-9-19(14,2)17(16)7-10-20(18,21)3;5-2(4(8)9)1-3(6)7/h13-14,18-20H,6-12H2,1-5H3;12,16-18,24H,4-11H2,1-3H3;2,5H,1H2,(H,6,7)(H,8,9)/t14-,18+,19-,20-,22+,23-,24-;16-,17+,18+,19+,20+,21+;/m01./s1. The molecule has 0 radical (unpaired) electrons. The molecule has 8 aliphatic rings. The predicted molar refractivity (Wildman–Crippen MR) is 225 cm³/mol. The molecule has 8 aliphatic carbocycles. The van der Waals surface area contributed by atoms with Gasteiger partial charge in [-0.15, -0.1) is 0 Å². The lowest BCUT2D eigenvalue weighted by Gasteiger charge is -2.60. The Morgan fingerprint density at radius 2 is 1.23 bits per heavy atom. The molecule has 0 aromatic carbocycles. The monoisotopic (exact) mass is 850 g/mol. The third-order valence-electron chi connectivity index (χ3n) is 18.6. The van der Waals surface area contributed by atoms with E-state index in [1.807, 2.05) is 12.2 Å². The van der Waals surface area contributed by atoms with E-state index in [-0.39, 0.29) is 45.0 Å². The number of rotatable bonds is 6. The summed E-state index contributed by atoms with van der Waals surface area (Å²) in [5, 5.41) is 35.3. The Morgan fingerprint density at radius 3 is 1.79 bits per heavy atom. The summed E-state index contributed by atoms with van der Waals surface area (Å²) in [6.45, 7) is 16.0. The zero-order valence-electron chi connectivity index (χ0n) is 37.6. The molecule has 0 aromatic heterocycles. The minimum absolute atomic E-state index is 0.00469. The minimum Gasteiger partial charge on any atom is -0.481 e. The van der Waals surface area contributed by atoms with Gasteiger partial charge in [-0.05, 0) is 162 Å². The fourth-order valence-electron chi connectivity index (χ4n) is 15.5. The molecule has 8 rings (SSSR count). The van der Waals surface area contributed by atoms with Gasteiger partial charge in [0.15, 0.2) is 34.8 Å². The smallest absolute Gasteiger partial charge is 0.333 e. The molecule has 0 bridgehead atoms. The second kappa shape index (κ2) is 16.6. The molecule has 6 fully saturated rings. The topological polar surface area (TPSA) is 210 Å². The Balaban J connectivity index is 0.000000172. The second-order valence-electron chi connectivity index (χ2n) is 21.3. The number of aliphatic carboxylic acids is 2. The molecule has 61 heavy (non-hydrogen) atoms. The number of Topliss-reactive ketones (excluding diaryl/α,β-unsaturated/α-hetero) is 2. The number of esters is 1. The highest BCUT2D eigenvalue weighted by Crippen LogP contribution is 2.70. The quantitative estimate of drug-likeness (QED) is 0.193. The van der Waals surface area contributed by atoms with Gasteiger partial charge in [0.25, 0.3) is 0 Å². The van der Waals surface area contributed by atoms with Crippen LogP contribution in [0.25, 0.3) is 0 Å². The lowest BCUT2D eigenvalue weighted by atomic mass is 9.44. The van der Waals surface area contributed by atoms with Gasteiger partial charge in [0.1, 0.15) is 5.60 Å². The van der Waals surface area contributed by atoms with Crippen LogP contribution in [0.15, 0.2) is 23.3 Å². The van der Waals surface area contributed by atoms with E-state index in [0.29, 0.717) is 72.9 Å². The van der Waals surface area contributed by atoms with Gasteiger partial charge >= 0.3 is 17.9 Å². The van der Waals surface area contributed by atoms with Gasteiger partial charge in [-0.3, -0.25) is 28.8 Å². The first-order valence-electron chi connectivity index (χ1n) is 22.9. The molecule has 12 nitrogen and oxygen atoms in total. The van der Waals surface area contributed by atoms with E-state index in [1.54, 1.807) is 13.8 Å². The third kappa shape index (κ3) is 7.61. The summed E-state index contributed by atoms with van der Waals surface area (Å²) >= 11 is 0. The van der Waals surface area contributed by atoms with Crippen LogP contribution in [-0.4, -0.2) is 78.8 Å². The lowest BCUT2D eigenvalue weighted by molar-refractivity contribution is -0.187. The van der Waals surface area contributed by atoms with Crippen molar-refractivity contribution in [2.24, 2.45) is 63.1 Å². The van der Waals surface area contributed by atoms with E-state index in [9.17, 15) is 38.7 Å². The van der Waals surface area contributed by atoms with Crippen molar-refractivity contribution in [1.29, 1.82) is 0 Å². The number of carboxylic acid groups (broad SMARTS) is 2. The van der Waals surface area contributed by atoms with Crippen LogP contribution in [0.5, 0.6) is 0 Å². The molecular weight excluding hydrogens is 781 g/mol. The Morgan fingerprint density at radius 1 is 0.689 bits per heavy atom. The lowest BCUT2D eigenvalue weighted by Crippen LogP contribution is -2.59. The zero-order valence-corrected chi connectivity index (χ0v) is 37.6. The molecule has 6 saturated carbocycles. The van der Waals surface area contributed by atoms with Gasteiger partial charge in [0, 0.05) is 30.6 Å². The Labute approximate surface area is 360 Å². The fourth-order valence-corrected chi connectivity index (χ4v) is 15.5. The van der Waals surface area contributed by atoms with Crippen molar-refractivity contribution in [2.45, 2.75) is 175 Å². The average molecular weight is 851 g/mol. The minimum atomic E-state index is -1.79. The summed E-state index contributed by atoms with van der Waals surface area (Å²) in [6, 6.07) is 0. The summed E-state index contributed by atoms with van der Waals surface area (Å²) in [5.74, 6) is 0.877. The fraction of sp³-hybridized carbons (Fsp3) is 0.776. The highest BCUT2D eigenvalue weighted by Gasteiger charge is 2.69. The van der Waals surface area contributed by atoms with Gasteiger partial charge in [0.05, 0.1) is 6.42 Å². The normalized spacial score (nSPS) is 43.5. The second-order valence-corrected chi connectivity index (χ2v) is 21.3. The van der Waals surface area contributed by atoms with Crippen LogP contribution >= 0.6 is 0 Å². The summed E-state index contributed by atoms with van der Waals surface area (Å²) in [4.78, 5) is 80.3. The molecular formula is C49H70O12. The number of aliphatic hydroxyl groups is 2. The van der Waals surface area contributed by atoms with Crippen LogP contribution in [0.3, 0.4) is 0 Å². The van der Waals surface area contributed by atoms with Crippen molar-refractivity contribution in [3.8, 4) is 0 Å². The molecule has 14 atom stereocenters. The van der Waals surface area contributed by atoms with Crippen molar-refractivity contribution in [2.75, 3.05) is 0 Å². The molecule has 0 aromatic rings. The number of aliphatic hydroxyl groups excluding tert-OH is 1. The largest absolute Gasteiger partial charge is 0.481 e. The van der Waals surface area contributed by atoms with E-state index in [1.165, 1.54) is 18.1 Å². The summed E-state index contributed by atoms with van der Waals surface area (Å²) in [7, 11) is 0. The molecule has 0 aliphatic heterocycles. The Hall–Kier alpha value is -3.51. The number of carbonyl (C=O) groups is 7. The highest BCUT2D eigenvalue weighted by molar-refractivity contribution is 5.92. The summed E-state index contributed by atoms with van der Waals surface area (Å²) < 4.78 is 5.84. The van der Waals surface area contributed by atoms with Crippen molar-refractivity contribution in [3.05, 3.63) is 23.3 Å². The number of hydrogen-bond acceptors (Lipinski definition) is 10. The Kier molecular flexibility index (Phi) is 12.8. The molecule has 0 amide bonds. The van der Waals surface area contributed by atoms with Gasteiger partial charge < -0.3 is 25.2 Å². The van der Waals surface area contributed by atoms with Crippen LogP contribution < -0.4 is 0 Å². The van der Waals surface area contributed by atoms with Gasteiger partial charge in [-0.25, -0.2) is 4.79 Å². The van der Waals surface area contributed by atoms with E-state index in [2.05, 4.69) is 34.6 Å². The van der Waals surface area contributed by atoms with E-state index >= 15 is 0 Å². The molecule has 0 spiro atoms. The van der Waals surface area contributed by atoms with Gasteiger partial charge in [0.2, 0.25) is 0 Å². The van der Waals surface area contributed by atoms with Crippen LogP contribution in [0.4, 0.5) is 0 Å². The van der Waals surface area contributed by atoms with Crippen molar-refractivity contribution >= 4 is 41.0 Å². The van der Waals surface area contributed by atoms with Gasteiger partial charge in [-0.1, -0.05) is 45.8 Å². The average Bonchev–Trinajstić information content (AvgIpc) is 3.63. The zero-order chi connectivity index (χ0) is 45.2. The number of allylic oxidation sites excluding steroid dienone is 2. The number of carbonyl (C=O) groups excluding carboxylic acids is 5. The SMILES string of the molecule is CC(=O)O[C@]1(C(C)=O)CC[C@H]2[C@@H]3C[C@H](C)C4=CC(=O)CC[C@]4(C)[C@H]3CC[C@@]21C.CC(=O)[C@@]1(O)CC[C@H]2[C@@H]3CCC4=CC(=O)CC[C@]4(C)[C@H]3CC[C@@]21C.O=C(O)CC(O)C(=O)O. The number of carboxylic acids is 2. The van der Waals surface area contributed by atoms with E-state index in [0.717, 1.165) is 70.6 Å². The number of fused-ring (bicyclic) bond motifs is 10. The maximum Gasteiger partial charge on any atom is 0.333 e. The number of ketones is 4. The van der Waals surface area contributed by atoms with Crippen molar-refractivity contribution in [1.82, 2.24) is 0 Å². The van der Waals surface area contributed by atoms with Crippen LogP contribution in [-0.2, 0) is 38.3 Å². The predicted octanol–water partition coefficient (Wildman–Crippen LogP) is 7.40. The molecule has 338 valence electrons. The van der Waals surface area contributed by atoms with Gasteiger partial charge in [-0.2, -0.15) is 0 Å². The molecule has 0 heterocycles. The van der Waals surface area contributed by atoms with Crippen LogP contribution in [0.2, 0.25) is 0 Å². The van der Waals surface area contributed by atoms with E-state index in [4.69, 9.17) is 20.1 Å². The molecule has 4 N–H and O–H groups in total. The summed E-state index contributed by atoms with van der Waals surface area (Å²) in [5.41, 5.74) is 0.373. The Bertz CT molecular complexity index is 1910. The number of ether oxygens (including phenoxy) is 1. The molecule has 12 heteroatoms. The van der Waals surface area contributed by atoms with Crippen LogP contribution in [0, 0.1) is 63.1 Å². The first kappa shape index (κ1) is 47.0. The molecule has 1 unspecified atom stereocenters. The maximum absolute atomic E-state index is 12.8. The van der Waals surface area contributed by atoms with E-state index < -0.39 is 35.7 Å². The maximum atomic E-state index is 12.8. The first-order chi connectivity index (χ1) is 28.3. The molecule has 0 saturated heterocycles. The number of hydrogen-bond donors (Lipinski definition) is 4. The first-order valence-corrected chi connectivity index (χ1v) is 22.9. The highest BCUT2D eigenvalue weighted by atomic mass is 16.6.